The Kier molecular flexibility index (Phi) is 6.71. The van der Waals surface area contributed by atoms with E-state index in [4.69, 9.17) is 4.74 Å². The molecule has 5 nitrogen and oxygen atoms in total. The molecule has 5 heteroatoms. The minimum atomic E-state index is -0.704. The first kappa shape index (κ1) is 22.3. The van der Waals surface area contributed by atoms with Gasteiger partial charge in [0.25, 0.3) is 0 Å². The summed E-state index contributed by atoms with van der Waals surface area (Å²) >= 11 is 0. The number of rotatable bonds is 7. The predicted octanol–water partition coefficient (Wildman–Crippen LogP) is 3.60. The van der Waals surface area contributed by atoms with Gasteiger partial charge in [-0.15, -0.1) is 0 Å². The number of nitrogens with zero attached hydrogens (tertiary/aromatic N) is 1. The SMILES string of the molecule is COCCNC(=O)[C@]1(N2C[C@@H](CC(C)C)CC2=O)CC[C@H]2Cc3ccccc3C[C@H]2C1. The van der Waals surface area contributed by atoms with E-state index < -0.39 is 5.54 Å². The fraction of sp³-hybridized carbons (Fsp3) is 0.692. The van der Waals surface area contributed by atoms with Crippen LogP contribution in [0.1, 0.15) is 57.1 Å². The molecule has 0 bridgehead atoms. The summed E-state index contributed by atoms with van der Waals surface area (Å²) in [7, 11) is 1.65. The average molecular weight is 427 g/mol. The van der Waals surface area contributed by atoms with Crippen molar-refractivity contribution in [1.29, 1.82) is 0 Å². The van der Waals surface area contributed by atoms with Gasteiger partial charge in [0.1, 0.15) is 5.54 Å². The minimum absolute atomic E-state index is 0.0282. The number of ether oxygens (including phenoxy) is 1. The highest BCUT2D eigenvalue weighted by Crippen LogP contribution is 2.47. The van der Waals surface area contributed by atoms with Crippen molar-refractivity contribution in [2.24, 2.45) is 23.7 Å². The number of benzene rings is 1. The van der Waals surface area contributed by atoms with Crippen LogP contribution in [0.2, 0.25) is 0 Å². The van der Waals surface area contributed by atoms with Crippen LogP contribution in [0, 0.1) is 23.7 Å². The van der Waals surface area contributed by atoms with Crippen LogP contribution in [0.3, 0.4) is 0 Å². The highest BCUT2D eigenvalue weighted by Gasteiger charge is 2.54. The minimum Gasteiger partial charge on any atom is -0.383 e. The lowest BCUT2D eigenvalue weighted by Crippen LogP contribution is -2.63. The summed E-state index contributed by atoms with van der Waals surface area (Å²) < 4.78 is 5.15. The van der Waals surface area contributed by atoms with Crippen molar-refractivity contribution in [1.82, 2.24) is 10.2 Å². The molecule has 1 aromatic rings. The highest BCUT2D eigenvalue weighted by atomic mass is 16.5. The number of likely N-dealkylation sites (tertiary alicyclic amines) is 1. The summed E-state index contributed by atoms with van der Waals surface area (Å²) in [6.45, 7) is 6.13. The predicted molar refractivity (Wildman–Crippen MR) is 122 cm³/mol. The van der Waals surface area contributed by atoms with Crippen molar-refractivity contribution in [2.45, 2.75) is 64.3 Å². The first-order chi connectivity index (χ1) is 14.9. The maximum Gasteiger partial charge on any atom is 0.246 e. The highest BCUT2D eigenvalue weighted by molar-refractivity contribution is 5.92. The smallest absolute Gasteiger partial charge is 0.246 e. The number of nitrogens with one attached hydrogen (secondary N) is 1. The molecule has 1 aromatic carbocycles. The summed E-state index contributed by atoms with van der Waals surface area (Å²) in [6.07, 6.45) is 6.32. The molecule has 1 saturated heterocycles. The molecule has 1 saturated carbocycles. The molecule has 0 radical (unpaired) electrons. The van der Waals surface area contributed by atoms with E-state index in [-0.39, 0.29) is 11.8 Å². The van der Waals surface area contributed by atoms with Crippen LogP contribution in [0.5, 0.6) is 0 Å². The monoisotopic (exact) mass is 426 g/mol. The Morgan fingerprint density at radius 2 is 1.90 bits per heavy atom. The van der Waals surface area contributed by atoms with E-state index in [2.05, 4.69) is 43.4 Å². The number of methoxy groups -OCH3 is 1. The van der Waals surface area contributed by atoms with Gasteiger partial charge in [-0.3, -0.25) is 9.59 Å². The largest absolute Gasteiger partial charge is 0.383 e. The zero-order valence-corrected chi connectivity index (χ0v) is 19.4. The van der Waals surface area contributed by atoms with E-state index in [1.54, 1.807) is 7.11 Å². The van der Waals surface area contributed by atoms with Gasteiger partial charge in [-0.05, 0) is 73.3 Å². The van der Waals surface area contributed by atoms with E-state index >= 15 is 0 Å². The third-order valence-corrected chi connectivity index (χ3v) is 7.82. The molecule has 2 amide bonds. The second-order valence-corrected chi connectivity index (χ2v) is 10.4. The molecule has 0 unspecified atom stereocenters. The molecule has 2 fully saturated rings. The summed E-state index contributed by atoms with van der Waals surface area (Å²) in [5, 5.41) is 3.10. The zero-order chi connectivity index (χ0) is 22.0. The number of carbonyl (C=O) groups excluding carboxylic acids is 2. The third kappa shape index (κ3) is 4.52. The van der Waals surface area contributed by atoms with Crippen LogP contribution < -0.4 is 5.32 Å². The quantitative estimate of drug-likeness (QED) is 0.678. The third-order valence-electron chi connectivity index (χ3n) is 7.82. The average Bonchev–Trinajstić information content (AvgIpc) is 3.11. The van der Waals surface area contributed by atoms with E-state index in [1.165, 1.54) is 11.1 Å². The van der Waals surface area contributed by atoms with Crippen molar-refractivity contribution in [3.63, 3.8) is 0 Å². The zero-order valence-electron chi connectivity index (χ0n) is 19.4. The lowest BCUT2D eigenvalue weighted by Gasteiger charge is -2.50. The Morgan fingerprint density at radius 3 is 2.58 bits per heavy atom. The number of hydrogen-bond acceptors (Lipinski definition) is 3. The molecular formula is C26H38N2O3. The van der Waals surface area contributed by atoms with Gasteiger partial charge in [0.2, 0.25) is 11.8 Å². The van der Waals surface area contributed by atoms with Gasteiger partial charge < -0.3 is 15.0 Å². The Balaban J connectivity index is 1.58. The standard InChI is InChI=1S/C26H38N2O3/c1-18(2)12-19-13-24(29)28(17-19)26(25(30)27-10-11-31-3)9-8-22-14-20-6-4-5-7-21(20)15-23(22)16-26/h4-7,18-19,22-23H,8-17H2,1-3H3,(H,27,30)/t19-,22-,23-,26-/m0/s1. The van der Waals surface area contributed by atoms with E-state index in [1.807, 2.05) is 4.90 Å². The molecule has 1 heterocycles. The maximum atomic E-state index is 13.6. The molecule has 1 aliphatic heterocycles. The molecule has 0 aromatic heterocycles. The fourth-order valence-corrected chi connectivity index (χ4v) is 6.42. The maximum absolute atomic E-state index is 13.6. The molecule has 4 rings (SSSR count). The van der Waals surface area contributed by atoms with Crippen LogP contribution in [-0.4, -0.2) is 49.1 Å². The normalized spacial score (nSPS) is 30.3. The number of carbonyl (C=O) groups is 2. The van der Waals surface area contributed by atoms with Crippen LogP contribution in [0.4, 0.5) is 0 Å². The number of amides is 2. The van der Waals surface area contributed by atoms with Crippen LogP contribution >= 0.6 is 0 Å². The van der Waals surface area contributed by atoms with Gasteiger partial charge in [0.05, 0.1) is 6.61 Å². The fourth-order valence-electron chi connectivity index (χ4n) is 6.42. The molecule has 4 atom stereocenters. The number of fused-ring (bicyclic) bond motifs is 2. The van der Waals surface area contributed by atoms with Crippen molar-refractivity contribution >= 4 is 11.8 Å². The lowest BCUT2D eigenvalue weighted by atomic mass is 9.62. The van der Waals surface area contributed by atoms with Gasteiger partial charge in [-0.25, -0.2) is 0 Å². The molecule has 170 valence electrons. The summed E-state index contributed by atoms with van der Waals surface area (Å²) in [4.78, 5) is 28.8. The Morgan fingerprint density at radius 1 is 1.19 bits per heavy atom. The second kappa shape index (κ2) is 9.32. The first-order valence-corrected chi connectivity index (χ1v) is 12.1. The Bertz CT molecular complexity index is 808. The van der Waals surface area contributed by atoms with Crippen LogP contribution in [0.25, 0.3) is 0 Å². The van der Waals surface area contributed by atoms with Crippen molar-refractivity contribution in [3.8, 4) is 0 Å². The van der Waals surface area contributed by atoms with Crippen LogP contribution in [0.15, 0.2) is 24.3 Å². The molecule has 3 aliphatic rings. The van der Waals surface area contributed by atoms with Crippen molar-refractivity contribution in [2.75, 3.05) is 26.8 Å². The summed E-state index contributed by atoms with van der Waals surface area (Å²) in [5.41, 5.74) is 2.18. The van der Waals surface area contributed by atoms with Gasteiger partial charge in [-0.1, -0.05) is 38.1 Å². The Labute approximate surface area is 186 Å². The van der Waals surface area contributed by atoms with Gasteiger partial charge >= 0.3 is 0 Å². The van der Waals surface area contributed by atoms with E-state index in [0.29, 0.717) is 43.2 Å². The lowest BCUT2D eigenvalue weighted by molar-refractivity contribution is -0.149. The summed E-state index contributed by atoms with van der Waals surface area (Å²) in [6, 6.07) is 8.74. The molecular weight excluding hydrogens is 388 g/mol. The molecule has 1 N–H and O–H groups in total. The topological polar surface area (TPSA) is 58.6 Å². The van der Waals surface area contributed by atoms with Crippen molar-refractivity contribution in [3.05, 3.63) is 35.4 Å². The van der Waals surface area contributed by atoms with Gasteiger partial charge in [-0.2, -0.15) is 0 Å². The van der Waals surface area contributed by atoms with E-state index in [9.17, 15) is 9.59 Å². The van der Waals surface area contributed by atoms with Gasteiger partial charge in [0, 0.05) is 26.6 Å². The number of hydrogen-bond donors (Lipinski definition) is 1. The molecule has 0 spiro atoms. The van der Waals surface area contributed by atoms with Crippen LogP contribution in [-0.2, 0) is 27.2 Å². The van der Waals surface area contributed by atoms with E-state index in [0.717, 1.165) is 45.1 Å². The second-order valence-electron chi connectivity index (χ2n) is 10.4. The molecule has 2 aliphatic carbocycles. The van der Waals surface area contributed by atoms with Crippen molar-refractivity contribution < 1.29 is 14.3 Å². The first-order valence-electron chi connectivity index (χ1n) is 12.1. The molecule has 31 heavy (non-hydrogen) atoms. The summed E-state index contributed by atoms with van der Waals surface area (Å²) in [5.74, 6) is 2.19. The Hall–Kier alpha value is -1.88. The van der Waals surface area contributed by atoms with Gasteiger partial charge in [0.15, 0.2) is 0 Å².